The molecule has 1 unspecified atom stereocenters. The number of carbonyl (C=O) groups is 2. The van der Waals surface area contributed by atoms with Gasteiger partial charge in [-0.05, 0) is 55.3 Å². The molecule has 3 rings (SSSR count). The summed E-state index contributed by atoms with van der Waals surface area (Å²) in [6, 6.07) is 9.95. The van der Waals surface area contributed by atoms with Gasteiger partial charge in [-0.2, -0.15) is 0 Å². The van der Waals surface area contributed by atoms with Gasteiger partial charge in [-0.15, -0.1) is 0 Å². The summed E-state index contributed by atoms with van der Waals surface area (Å²) in [4.78, 5) is 26.8. The molecule has 1 fully saturated rings. The van der Waals surface area contributed by atoms with Crippen LogP contribution in [-0.2, 0) is 0 Å². The largest absolute Gasteiger partial charge is 0.497 e. The first kappa shape index (κ1) is 18.0. The highest BCUT2D eigenvalue weighted by Crippen LogP contribution is 2.24. The van der Waals surface area contributed by atoms with Crippen LogP contribution < -0.4 is 4.74 Å². The van der Waals surface area contributed by atoms with E-state index in [1.807, 2.05) is 0 Å². The Bertz CT molecular complexity index is 820. The number of likely N-dealkylation sites (tertiary alicyclic amines) is 1. The topological polar surface area (TPSA) is 46.6 Å². The minimum Gasteiger partial charge on any atom is -0.497 e. The normalized spacial score (nSPS) is 17.0. The van der Waals surface area contributed by atoms with Crippen molar-refractivity contribution in [2.45, 2.75) is 12.8 Å². The molecule has 1 aliphatic heterocycles. The van der Waals surface area contributed by atoms with Gasteiger partial charge >= 0.3 is 0 Å². The number of hydrogen-bond donors (Lipinski definition) is 0. The molecule has 4 nitrogen and oxygen atoms in total. The Labute approximate surface area is 150 Å². The minimum atomic E-state index is -1.06. The number of methoxy groups -OCH3 is 1. The average Bonchev–Trinajstić information content (AvgIpc) is 2.69. The van der Waals surface area contributed by atoms with Crippen molar-refractivity contribution in [3.8, 4) is 5.75 Å². The highest BCUT2D eigenvalue weighted by atomic mass is 19.2. The second-order valence-corrected chi connectivity index (χ2v) is 6.31. The van der Waals surface area contributed by atoms with Crippen LogP contribution in [0, 0.1) is 17.6 Å². The number of hydrogen-bond acceptors (Lipinski definition) is 3. The van der Waals surface area contributed by atoms with Gasteiger partial charge in [-0.25, -0.2) is 8.78 Å². The standard InChI is InChI=1S/C20H19F2NO3/c1-26-16-7-4-13(5-8-16)19(24)15-3-2-10-23(12-15)20(25)14-6-9-17(21)18(22)11-14/h4-9,11,15H,2-3,10,12H2,1H3. The van der Waals surface area contributed by atoms with Gasteiger partial charge in [0.05, 0.1) is 7.11 Å². The quantitative estimate of drug-likeness (QED) is 0.782. The molecule has 26 heavy (non-hydrogen) atoms. The molecule has 6 heteroatoms. The van der Waals surface area contributed by atoms with Crippen molar-refractivity contribution in [3.05, 3.63) is 65.2 Å². The van der Waals surface area contributed by atoms with Gasteiger partial charge in [0, 0.05) is 30.1 Å². The summed E-state index contributed by atoms with van der Waals surface area (Å²) in [5.74, 6) is -2.12. The number of Topliss-reactive ketones (excluding diaryl/α,β-unsaturated/α-hetero) is 1. The van der Waals surface area contributed by atoms with Crippen LogP contribution in [0.5, 0.6) is 5.75 Å². The maximum atomic E-state index is 13.4. The molecule has 1 atom stereocenters. The summed E-state index contributed by atoms with van der Waals surface area (Å²) >= 11 is 0. The molecule has 0 bridgehead atoms. The number of rotatable bonds is 4. The Morgan fingerprint density at radius 1 is 1.04 bits per heavy atom. The maximum absolute atomic E-state index is 13.4. The van der Waals surface area contributed by atoms with Gasteiger partial charge in [0.2, 0.25) is 0 Å². The van der Waals surface area contributed by atoms with E-state index >= 15 is 0 Å². The Hall–Kier alpha value is -2.76. The van der Waals surface area contributed by atoms with Gasteiger partial charge in [0.15, 0.2) is 17.4 Å². The zero-order valence-electron chi connectivity index (χ0n) is 14.4. The van der Waals surface area contributed by atoms with E-state index in [4.69, 9.17) is 4.74 Å². The number of amides is 1. The first-order chi connectivity index (χ1) is 12.5. The first-order valence-electron chi connectivity index (χ1n) is 8.42. The monoisotopic (exact) mass is 359 g/mol. The Kier molecular flexibility index (Phi) is 5.30. The SMILES string of the molecule is COc1ccc(C(=O)C2CCCN(C(=O)c3ccc(F)c(F)c3)C2)cc1. The third kappa shape index (κ3) is 3.74. The van der Waals surface area contributed by atoms with Gasteiger partial charge in [-0.3, -0.25) is 9.59 Å². The molecule has 1 heterocycles. The summed E-state index contributed by atoms with van der Waals surface area (Å²) in [7, 11) is 1.56. The van der Waals surface area contributed by atoms with E-state index in [9.17, 15) is 18.4 Å². The molecule has 1 amide bonds. The van der Waals surface area contributed by atoms with Crippen molar-refractivity contribution in [2.24, 2.45) is 5.92 Å². The lowest BCUT2D eigenvalue weighted by molar-refractivity contribution is 0.0636. The van der Waals surface area contributed by atoms with E-state index in [0.29, 0.717) is 30.7 Å². The molecule has 1 saturated heterocycles. The average molecular weight is 359 g/mol. The van der Waals surface area contributed by atoms with Crippen molar-refractivity contribution >= 4 is 11.7 Å². The highest BCUT2D eigenvalue weighted by molar-refractivity contribution is 5.99. The van der Waals surface area contributed by atoms with Crippen LogP contribution in [0.15, 0.2) is 42.5 Å². The van der Waals surface area contributed by atoms with Gasteiger partial charge < -0.3 is 9.64 Å². The molecule has 2 aromatic rings. The van der Waals surface area contributed by atoms with Crippen LogP contribution in [0.4, 0.5) is 8.78 Å². The van der Waals surface area contributed by atoms with Crippen LogP contribution >= 0.6 is 0 Å². The van der Waals surface area contributed by atoms with Crippen molar-refractivity contribution in [3.63, 3.8) is 0 Å². The summed E-state index contributed by atoms with van der Waals surface area (Å²) in [6.45, 7) is 0.757. The van der Waals surface area contributed by atoms with Crippen LogP contribution in [0.1, 0.15) is 33.6 Å². The number of halogens is 2. The van der Waals surface area contributed by atoms with Crippen molar-refractivity contribution in [1.29, 1.82) is 0 Å². The second-order valence-electron chi connectivity index (χ2n) is 6.31. The zero-order valence-corrected chi connectivity index (χ0v) is 14.4. The smallest absolute Gasteiger partial charge is 0.253 e. The maximum Gasteiger partial charge on any atom is 0.253 e. The molecule has 1 aliphatic rings. The fourth-order valence-electron chi connectivity index (χ4n) is 3.18. The zero-order chi connectivity index (χ0) is 18.7. The predicted octanol–water partition coefficient (Wildman–Crippen LogP) is 3.71. The number of ether oxygens (including phenoxy) is 1. The van der Waals surface area contributed by atoms with Crippen LogP contribution in [0.2, 0.25) is 0 Å². The molecule has 2 aromatic carbocycles. The molecule has 136 valence electrons. The number of carbonyl (C=O) groups excluding carboxylic acids is 2. The van der Waals surface area contributed by atoms with E-state index in [0.717, 1.165) is 12.1 Å². The van der Waals surface area contributed by atoms with Crippen molar-refractivity contribution < 1.29 is 23.1 Å². The van der Waals surface area contributed by atoms with Gasteiger partial charge in [0.25, 0.3) is 5.91 Å². The lowest BCUT2D eigenvalue weighted by atomic mass is 9.89. The third-order valence-corrected chi connectivity index (χ3v) is 4.62. The Balaban J connectivity index is 1.72. The van der Waals surface area contributed by atoms with Crippen LogP contribution in [-0.4, -0.2) is 36.8 Å². The lowest BCUT2D eigenvalue weighted by Crippen LogP contribution is -2.42. The number of piperidine rings is 1. The first-order valence-corrected chi connectivity index (χ1v) is 8.42. The van der Waals surface area contributed by atoms with Crippen molar-refractivity contribution in [2.75, 3.05) is 20.2 Å². The van der Waals surface area contributed by atoms with E-state index in [-0.39, 0.29) is 23.8 Å². The third-order valence-electron chi connectivity index (χ3n) is 4.62. The number of nitrogens with zero attached hydrogens (tertiary/aromatic N) is 1. The van der Waals surface area contributed by atoms with E-state index < -0.39 is 17.5 Å². The summed E-state index contributed by atoms with van der Waals surface area (Å²) in [6.07, 6.45) is 1.37. The molecular formula is C20H19F2NO3. The fourth-order valence-corrected chi connectivity index (χ4v) is 3.18. The Morgan fingerprint density at radius 2 is 1.73 bits per heavy atom. The molecule has 0 aromatic heterocycles. The number of ketones is 1. The van der Waals surface area contributed by atoms with Crippen LogP contribution in [0.25, 0.3) is 0 Å². The second kappa shape index (κ2) is 7.64. The molecular weight excluding hydrogens is 340 g/mol. The Morgan fingerprint density at radius 3 is 2.38 bits per heavy atom. The summed E-state index contributed by atoms with van der Waals surface area (Å²) < 4.78 is 31.5. The molecule has 0 aliphatic carbocycles. The number of benzene rings is 2. The summed E-state index contributed by atoms with van der Waals surface area (Å²) in [5, 5.41) is 0. The van der Waals surface area contributed by atoms with E-state index in [1.165, 1.54) is 11.0 Å². The molecule has 0 radical (unpaired) electrons. The van der Waals surface area contributed by atoms with Crippen LogP contribution in [0.3, 0.4) is 0 Å². The molecule has 0 spiro atoms. The molecule has 0 N–H and O–H groups in total. The highest BCUT2D eigenvalue weighted by Gasteiger charge is 2.29. The van der Waals surface area contributed by atoms with E-state index in [1.54, 1.807) is 31.4 Å². The van der Waals surface area contributed by atoms with Crippen molar-refractivity contribution in [1.82, 2.24) is 4.90 Å². The summed E-state index contributed by atoms with van der Waals surface area (Å²) in [5.41, 5.74) is 0.652. The lowest BCUT2D eigenvalue weighted by Gasteiger charge is -2.32. The molecule has 0 saturated carbocycles. The van der Waals surface area contributed by atoms with Gasteiger partial charge in [0.1, 0.15) is 5.75 Å². The van der Waals surface area contributed by atoms with E-state index in [2.05, 4.69) is 0 Å². The van der Waals surface area contributed by atoms with Gasteiger partial charge in [-0.1, -0.05) is 0 Å². The fraction of sp³-hybridized carbons (Fsp3) is 0.300. The minimum absolute atomic E-state index is 0.0320. The predicted molar refractivity (Wildman–Crippen MR) is 92.3 cm³/mol.